The summed E-state index contributed by atoms with van der Waals surface area (Å²) < 4.78 is 79.8. The van der Waals surface area contributed by atoms with E-state index in [2.05, 4.69) is 72.6 Å². The molecule has 3 fully saturated rings. The molecule has 0 aromatic carbocycles. The Balaban J connectivity index is 0.000000248. The van der Waals surface area contributed by atoms with Gasteiger partial charge in [0.05, 0.1) is 35.9 Å². The van der Waals surface area contributed by atoms with Crippen LogP contribution in [-0.2, 0) is 14.4 Å². The number of nitriles is 4. The molecule has 0 unspecified atom stereocenters. The molecule has 458 valence electrons. The zero-order valence-electron chi connectivity index (χ0n) is 47.1. The molecule has 0 atom stereocenters. The van der Waals surface area contributed by atoms with Crippen molar-refractivity contribution < 1.29 is 40.7 Å². The van der Waals surface area contributed by atoms with Crippen molar-refractivity contribution in [2.24, 2.45) is 17.8 Å². The van der Waals surface area contributed by atoms with Gasteiger partial charge in [-0.3, -0.25) is 14.4 Å². The Morgan fingerprint density at radius 2 is 0.886 bits per heavy atom. The second-order valence-electron chi connectivity index (χ2n) is 19.8. The number of aromatic nitrogens is 5. The van der Waals surface area contributed by atoms with Gasteiger partial charge in [0.1, 0.15) is 53.4 Å². The monoisotopic (exact) mass is 1360 g/mol. The molecule has 0 aliphatic heterocycles. The van der Waals surface area contributed by atoms with Gasteiger partial charge < -0.3 is 22.5 Å². The average Bonchev–Trinajstić information content (AvgIpc) is 3.67. The van der Waals surface area contributed by atoms with Crippen LogP contribution in [0, 0.1) is 66.6 Å². The Kier molecular flexibility index (Phi) is 28.0. The first kappa shape index (κ1) is 71.5. The van der Waals surface area contributed by atoms with Gasteiger partial charge in [0, 0.05) is 75.6 Å². The van der Waals surface area contributed by atoms with Crippen LogP contribution in [0.4, 0.5) is 55.4 Å². The van der Waals surface area contributed by atoms with Crippen molar-refractivity contribution >= 4 is 111 Å². The van der Waals surface area contributed by atoms with Crippen molar-refractivity contribution in [3.63, 3.8) is 0 Å². The Bertz CT molecular complexity index is 3560. The van der Waals surface area contributed by atoms with E-state index in [-0.39, 0.29) is 67.7 Å². The fourth-order valence-electron chi connectivity index (χ4n) is 8.44. The summed E-state index contributed by atoms with van der Waals surface area (Å²) >= 11 is 13.4. The Morgan fingerprint density at radius 3 is 1.26 bits per heavy atom. The van der Waals surface area contributed by atoms with Crippen molar-refractivity contribution in [2.75, 3.05) is 27.4 Å². The number of anilines is 5. The van der Waals surface area contributed by atoms with Gasteiger partial charge in [0.25, 0.3) is 11.8 Å². The molecule has 0 spiro atoms. The van der Waals surface area contributed by atoms with Gasteiger partial charge in [-0.05, 0) is 138 Å². The lowest BCUT2D eigenvalue weighted by molar-refractivity contribution is -0.121. The third-order valence-electron chi connectivity index (χ3n) is 13.4. The van der Waals surface area contributed by atoms with Gasteiger partial charge in [-0.15, -0.1) is 0 Å². The molecule has 3 aliphatic rings. The van der Waals surface area contributed by atoms with Crippen LogP contribution in [0.5, 0.6) is 0 Å². The zero-order valence-corrected chi connectivity index (χ0v) is 50.8. The number of rotatable bonds is 11. The van der Waals surface area contributed by atoms with E-state index in [9.17, 15) is 46.0 Å². The average molecular weight is 1360 g/mol. The van der Waals surface area contributed by atoms with Gasteiger partial charge in [-0.25, -0.2) is 56.2 Å². The standard InChI is InChI=1S/C20H19F2N3O2.C17H17F2N3O.C14H15F2N3.C6H4ClN3.C5H4ClIN2/c1-3-18(26)25(19(27)4-2)17-11-15(16(12-23)13-24-17)6-5-14-7-9-20(21,22)10-8-14;1-2-16(23)22-15-9-13(14(10-20)11-21-15)4-3-12-5-7-17(18,19)8-6-12;15-14(16)5-3-10(4-6-14)1-2-11-7-13(18)19-9-12(11)8-17;7-5-1-6(9)10-3-4(5)2-8;6-3-1-5(8)9-2-4(3)7/h3-6,11,13-14H,1-2,7-10H2;2-4,9,11-12H,1,5-8H2,(H,21,22,23);1-2,7,9-10H,3-6H2,(H2,18,19);1,3H,(H2,9,10);1-2H,(H2,8,9)/b6-5+;4-3+;2-1+;;. The lowest BCUT2D eigenvalue weighted by atomic mass is 9.86. The second kappa shape index (κ2) is 34.4. The van der Waals surface area contributed by atoms with Gasteiger partial charge >= 0.3 is 0 Å². The first-order valence-electron chi connectivity index (χ1n) is 26.8. The smallest absolute Gasteiger partial charge is 0.258 e. The number of nitrogens with one attached hydrogen (secondary N) is 1. The Hall–Kier alpha value is -8.95. The summed E-state index contributed by atoms with van der Waals surface area (Å²) in [5, 5.41) is 39.2. The molecule has 7 N–H and O–H groups in total. The maximum absolute atomic E-state index is 13.3. The number of imide groups is 1. The number of nitrogen functional groups attached to an aromatic ring is 3. The van der Waals surface area contributed by atoms with Crippen LogP contribution in [0.3, 0.4) is 0 Å². The normalized spacial score (nSPS) is 15.8. The molecule has 3 saturated carbocycles. The number of alkyl halides is 6. The van der Waals surface area contributed by atoms with E-state index < -0.39 is 35.5 Å². The van der Waals surface area contributed by atoms with E-state index in [1.54, 1.807) is 48.7 Å². The molecule has 3 amide bonds. The summed E-state index contributed by atoms with van der Waals surface area (Å²) in [6.45, 7) is 10.1. The van der Waals surface area contributed by atoms with Crippen molar-refractivity contribution in [3.05, 3.63) is 170 Å². The maximum Gasteiger partial charge on any atom is 0.258 e. The predicted octanol–water partition coefficient (Wildman–Crippen LogP) is 14.4. The largest absolute Gasteiger partial charge is 0.384 e. The highest BCUT2D eigenvalue weighted by molar-refractivity contribution is 14.1. The summed E-state index contributed by atoms with van der Waals surface area (Å²) in [7, 11) is 0. The minimum Gasteiger partial charge on any atom is -0.384 e. The van der Waals surface area contributed by atoms with E-state index >= 15 is 0 Å². The van der Waals surface area contributed by atoms with Crippen LogP contribution >= 0.6 is 45.8 Å². The van der Waals surface area contributed by atoms with Crippen LogP contribution in [-0.4, -0.2) is 60.4 Å². The topological polar surface area (TPSA) is 304 Å². The molecule has 3 aliphatic carbocycles. The summed E-state index contributed by atoms with van der Waals surface area (Å²) in [5.74, 6) is -7.78. The van der Waals surface area contributed by atoms with Crippen LogP contribution < -0.4 is 27.4 Å². The van der Waals surface area contributed by atoms with Crippen LogP contribution in [0.2, 0.25) is 10.0 Å². The number of nitrogens with zero attached hydrogens (tertiary/aromatic N) is 10. The lowest BCUT2D eigenvalue weighted by Gasteiger charge is -2.26. The second-order valence-corrected chi connectivity index (χ2v) is 21.8. The van der Waals surface area contributed by atoms with Crippen LogP contribution in [0.15, 0.2) is 118 Å². The quantitative estimate of drug-likeness (QED) is 0.0543. The minimum atomic E-state index is -2.61. The maximum atomic E-state index is 13.3. The first-order valence-corrected chi connectivity index (χ1v) is 28.6. The molecule has 0 saturated heterocycles. The lowest BCUT2D eigenvalue weighted by Crippen LogP contribution is -2.35. The molecule has 17 nitrogen and oxygen atoms in total. The third kappa shape index (κ3) is 23.7. The number of pyridine rings is 5. The summed E-state index contributed by atoms with van der Waals surface area (Å²) in [6, 6.07) is 15.6. The molecular formula is C62H59Cl2F6IN14O3. The summed E-state index contributed by atoms with van der Waals surface area (Å²) in [4.78, 5) is 55.4. The van der Waals surface area contributed by atoms with Crippen LogP contribution in [0.25, 0.3) is 18.2 Å². The molecule has 5 heterocycles. The third-order valence-corrected chi connectivity index (χ3v) is 15.2. The van der Waals surface area contributed by atoms with Gasteiger partial charge in [0.2, 0.25) is 23.7 Å². The molecule has 88 heavy (non-hydrogen) atoms. The fraction of sp³-hybridized carbons (Fsp3) is 0.290. The number of nitrogens with two attached hydrogens (primary N) is 3. The minimum absolute atomic E-state index is 0.0199. The summed E-state index contributed by atoms with van der Waals surface area (Å²) in [6.07, 6.45) is 22.6. The number of hydrogen-bond acceptors (Lipinski definition) is 15. The van der Waals surface area contributed by atoms with Crippen LogP contribution in [0.1, 0.15) is 116 Å². The van der Waals surface area contributed by atoms with Gasteiger partial charge in [-0.1, -0.05) is 79.4 Å². The number of amides is 3. The number of carbonyl (C=O) groups is 3. The van der Waals surface area contributed by atoms with Crippen molar-refractivity contribution in [1.29, 1.82) is 21.0 Å². The van der Waals surface area contributed by atoms with Gasteiger partial charge in [0.15, 0.2) is 0 Å². The Morgan fingerprint density at radius 1 is 0.534 bits per heavy atom. The van der Waals surface area contributed by atoms with Crippen molar-refractivity contribution in [3.8, 4) is 24.3 Å². The zero-order chi connectivity index (χ0) is 65.2. The van der Waals surface area contributed by atoms with E-state index in [1.165, 1.54) is 36.9 Å². The van der Waals surface area contributed by atoms with E-state index in [1.807, 2.05) is 36.4 Å². The van der Waals surface area contributed by atoms with Gasteiger partial charge in [-0.2, -0.15) is 21.0 Å². The molecular weight excluding hydrogens is 1300 g/mol. The van der Waals surface area contributed by atoms with E-state index in [0.717, 1.165) is 26.7 Å². The first-order chi connectivity index (χ1) is 41.7. The number of carbonyl (C=O) groups excluding carboxylic acids is 3. The highest BCUT2D eigenvalue weighted by Gasteiger charge is 2.36. The highest BCUT2D eigenvalue weighted by Crippen LogP contribution is 2.39. The number of hydrogen-bond donors (Lipinski definition) is 4. The van der Waals surface area contributed by atoms with Crippen molar-refractivity contribution in [1.82, 2.24) is 24.9 Å². The molecule has 0 bridgehead atoms. The predicted molar refractivity (Wildman–Crippen MR) is 336 cm³/mol. The molecule has 26 heteroatoms. The van der Waals surface area contributed by atoms with E-state index in [0.29, 0.717) is 105 Å². The SMILES string of the molecule is C=CC(=O)N(C(=O)C=C)c1cc(/C=C/C2CCC(F)(F)CC2)c(C#N)cn1.C=CC(=O)Nc1cc(/C=C/C2CCC(F)(F)CC2)c(C#N)cn1.N#Cc1cnc(N)cc1/C=C/C1CCC(F)(F)CC1.N#Cc1cnc(N)cc1Cl.Nc1cc(Cl)c(I)cn1. The number of allylic oxidation sites excluding steroid dienone is 3. The molecule has 8 rings (SSSR count). The fourth-order valence-corrected chi connectivity index (χ4v) is 9.10. The van der Waals surface area contributed by atoms with E-state index in [4.69, 9.17) is 56.2 Å². The van der Waals surface area contributed by atoms with Crippen molar-refractivity contribution in [2.45, 2.75) is 94.8 Å². The molecule has 0 radical (unpaired) electrons. The number of halogens is 9. The summed E-state index contributed by atoms with van der Waals surface area (Å²) in [5.41, 5.74) is 19.3. The molecule has 5 aromatic rings. The highest BCUT2D eigenvalue weighted by atomic mass is 127. The molecule has 5 aromatic heterocycles. The Labute approximate surface area is 528 Å².